The van der Waals surface area contributed by atoms with E-state index in [1.807, 2.05) is 22.4 Å². The first-order valence-electron chi connectivity index (χ1n) is 7.61. The molecule has 1 aliphatic rings. The van der Waals surface area contributed by atoms with Gasteiger partial charge in [0.2, 0.25) is 5.91 Å². The Morgan fingerprint density at radius 2 is 2.14 bits per heavy atom. The van der Waals surface area contributed by atoms with Gasteiger partial charge in [-0.15, -0.1) is 11.3 Å². The molecule has 1 aliphatic heterocycles. The third kappa shape index (κ3) is 3.51. The number of rotatable bonds is 4. The molecule has 0 aromatic carbocycles. The van der Waals surface area contributed by atoms with Gasteiger partial charge in [-0.25, -0.2) is 4.98 Å². The van der Waals surface area contributed by atoms with Crippen LogP contribution in [0.3, 0.4) is 0 Å². The van der Waals surface area contributed by atoms with Crippen LogP contribution in [0, 0.1) is 0 Å². The van der Waals surface area contributed by atoms with E-state index in [-0.39, 0.29) is 5.91 Å². The number of likely N-dealkylation sites (N-methyl/N-ethyl adjacent to an activating group) is 1. The summed E-state index contributed by atoms with van der Waals surface area (Å²) in [5, 5.41) is 2.90. The Bertz CT molecular complexity index is 620. The summed E-state index contributed by atoms with van der Waals surface area (Å²) in [7, 11) is 0. The number of pyridine rings is 1. The molecule has 116 valence electrons. The average molecular weight is 316 g/mol. The van der Waals surface area contributed by atoms with E-state index in [2.05, 4.69) is 21.8 Å². The number of nitrogens with zero attached hydrogens (tertiary/aromatic N) is 4. The van der Waals surface area contributed by atoms with E-state index < -0.39 is 0 Å². The quantitative estimate of drug-likeness (QED) is 0.864. The summed E-state index contributed by atoms with van der Waals surface area (Å²) in [5.41, 5.74) is 1.86. The molecule has 0 spiro atoms. The molecule has 5 nitrogen and oxygen atoms in total. The van der Waals surface area contributed by atoms with Crippen molar-refractivity contribution in [1.29, 1.82) is 0 Å². The lowest BCUT2D eigenvalue weighted by Crippen LogP contribution is -2.48. The fourth-order valence-electron chi connectivity index (χ4n) is 2.59. The standard InChI is InChI=1S/C16H20N4OS/c1-2-19-6-8-20(9-7-19)15(21)10-14-12-22-16(18-14)13-4-3-5-17-11-13/h3-5,11-12H,2,6-10H2,1H3. The van der Waals surface area contributed by atoms with Crippen LogP contribution < -0.4 is 0 Å². The number of amides is 1. The zero-order chi connectivity index (χ0) is 15.4. The molecule has 2 aromatic rings. The van der Waals surface area contributed by atoms with Gasteiger partial charge in [-0.05, 0) is 18.7 Å². The van der Waals surface area contributed by atoms with Crippen LogP contribution in [0.15, 0.2) is 29.9 Å². The van der Waals surface area contributed by atoms with Crippen LogP contribution >= 0.6 is 11.3 Å². The molecule has 3 heterocycles. The normalized spacial score (nSPS) is 16.0. The van der Waals surface area contributed by atoms with Gasteiger partial charge in [-0.1, -0.05) is 6.92 Å². The minimum atomic E-state index is 0.179. The van der Waals surface area contributed by atoms with E-state index in [0.717, 1.165) is 49.0 Å². The van der Waals surface area contributed by atoms with Gasteiger partial charge in [-0.2, -0.15) is 0 Å². The van der Waals surface area contributed by atoms with Crippen molar-refractivity contribution in [1.82, 2.24) is 19.8 Å². The third-order valence-electron chi connectivity index (χ3n) is 3.96. The number of thiazole rings is 1. The highest BCUT2D eigenvalue weighted by atomic mass is 32.1. The summed E-state index contributed by atoms with van der Waals surface area (Å²) < 4.78 is 0. The zero-order valence-electron chi connectivity index (χ0n) is 12.7. The van der Waals surface area contributed by atoms with Gasteiger partial charge >= 0.3 is 0 Å². The predicted octanol–water partition coefficient (Wildman–Crippen LogP) is 1.91. The number of carbonyl (C=O) groups excluding carboxylic acids is 1. The van der Waals surface area contributed by atoms with Crippen LogP contribution in [0.4, 0.5) is 0 Å². The average Bonchev–Trinajstić information content (AvgIpc) is 3.04. The maximum absolute atomic E-state index is 12.4. The van der Waals surface area contributed by atoms with Crippen molar-refractivity contribution >= 4 is 17.2 Å². The molecule has 1 amide bonds. The molecule has 0 saturated carbocycles. The molecule has 1 fully saturated rings. The molecule has 22 heavy (non-hydrogen) atoms. The lowest BCUT2D eigenvalue weighted by atomic mass is 10.2. The third-order valence-corrected chi connectivity index (χ3v) is 4.90. The van der Waals surface area contributed by atoms with Crippen molar-refractivity contribution in [2.45, 2.75) is 13.3 Å². The maximum atomic E-state index is 12.4. The smallest absolute Gasteiger partial charge is 0.228 e. The number of carbonyl (C=O) groups is 1. The summed E-state index contributed by atoms with van der Waals surface area (Å²) in [5.74, 6) is 0.179. The molecule has 2 aromatic heterocycles. The molecule has 3 rings (SSSR count). The summed E-state index contributed by atoms with van der Waals surface area (Å²) in [6, 6.07) is 3.89. The van der Waals surface area contributed by atoms with Crippen molar-refractivity contribution in [3.05, 3.63) is 35.6 Å². The largest absolute Gasteiger partial charge is 0.340 e. The molecule has 6 heteroatoms. The van der Waals surface area contributed by atoms with Gasteiger partial charge in [0.25, 0.3) is 0 Å². The molecule has 0 radical (unpaired) electrons. The minimum Gasteiger partial charge on any atom is -0.340 e. The van der Waals surface area contributed by atoms with Crippen LogP contribution in [-0.2, 0) is 11.2 Å². The van der Waals surface area contributed by atoms with Crippen LogP contribution in [0.25, 0.3) is 10.6 Å². The highest BCUT2D eigenvalue weighted by molar-refractivity contribution is 7.13. The maximum Gasteiger partial charge on any atom is 0.228 e. The van der Waals surface area contributed by atoms with Crippen molar-refractivity contribution < 1.29 is 4.79 Å². The van der Waals surface area contributed by atoms with Crippen LogP contribution in [0.1, 0.15) is 12.6 Å². The minimum absolute atomic E-state index is 0.179. The Hall–Kier alpha value is -1.79. The number of hydrogen-bond donors (Lipinski definition) is 0. The molecule has 0 unspecified atom stereocenters. The van der Waals surface area contributed by atoms with E-state index in [1.165, 1.54) is 0 Å². The summed E-state index contributed by atoms with van der Waals surface area (Å²) >= 11 is 1.57. The number of hydrogen-bond acceptors (Lipinski definition) is 5. The molecule has 1 saturated heterocycles. The fraction of sp³-hybridized carbons (Fsp3) is 0.438. The topological polar surface area (TPSA) is 49.3 Å². The predicted molar refractivity (Wildman–Crippen MR) is 87.7 cm³/mol. The SMILES string of the molecule is CCN1CCN(C(=O)Cc2csc(-c3cccnc3)n2)CC1. The van der Waals surface area contributed by atoms with Crippen molar-refractivity contribution in [2.75, 3.05) is 32.7 Å². The zero-order valence-corrected chi connectivity index (χ0v) is 13.6. The van der Waals surface area contributed by atoms with Crippen molar-refractivity contribution in [3.8, 4) is 10.6 Å². The van der Waals surface area contributed by atoms with Gasteiger partial charge in [0.05, 0.1) is 12.1 Å². The molecule has 0 atom stereocenters. The van der Waals surface area contributed by atoms with Gasteiger partial charge in [0.1, 0.15) is 5.01 Å². The monoisotopic (exact) mass is 316 g/mol. The van der Waals surface area contributed by atoms with Crippen molar-refractivity contribution in [2.24, 2.45) is 0 Å². The second kappa shape index (κ2) is 6.98. The van der Waals surface area contributed by atoms with Gasteiger partial charge < -0.3 is 9.80 Å². The number of piperazine rings is 1. The van der Waals surface area contributed by atoms with Crippen molar-refractivity contribution in [3.63, 3.8) is 0 Å². The Kier molecular flexibility index (Phi) is 4.80. The van der Waals surface area contributed by atoms with E-state index in [0.29, 0.717) is 6.42 Å². The summed E-state index contributed by atoms with van der Waals surface area (Å²) in [6.45, 7) is 6.81. The Labute approximate surface area is 134 Å². The Morgan fingerprint density at radius 3 is 2.82 bits per heavy atom. The first-order chi connectivity index (χ1) is 10.8. The Morgan fingerprint density at radius 1 is 1.32 bits per heavy atom. The summed E-state index contributed by atoms with van der Waals surface area (Å²) in [6.07, 6.45) is 3.94. The number of aromatic nitrogens is 2. The van der Waals surface area contributed by atoms with E-state index in [4.69, 9.17) is 0 Å². The van der Waals surface area contributed by atoms with E-state index in [9.17, 15) is 4.79 Å². The lowest BCUT2D eigenvalue weighted by Gasteiger charge is -2.34. The van der Waals surface area contributed by atoms with E-state index >= 15 is 0 Å². The Balaban J connectivity index is 1.60. The van der Waals surface area contributed by atoms with Gasteiger partial charge in [-0.3, -0.25) is 9.78 Å². The molecule has 0 bridgehead atoms. The van der Waals surface area contributed by atoms with Crippen LogP contribution in [-0.4, -0.2) is 58.4 Å². The molecular formula is C16H20N4OS. The molecule has 0 N–H and O–H groups in total. The van der Waals surface area contributed by atoms with E-state index in [1.54, 1.807) is 23.7 Å². The van der Waals surface area contributed by atoms with Gasteiger partial charge in [0.15, 0.2) is 0 Å². The second-order valence-electron chi connectivity index (χ2n) is 5.38. The first kappa shape index (κ1) is 15.1. The fourth-order valence-corrected chi connectivity index (χ4v) is 3.40. The van der Waals surface area contributed by atoms with Gasteiger partial charge in [0, 0.05) is 49.5 Å². The second-order valence-corrected chi connectivity index (χ2v) is 6.24. The highest BCUT2D eigenvalue weighted by Gasteiger charge is 2.21. The molecular weight excluding hydrogens is 296 g/mol. The van der Waals surface area contributed by atoms with Crippen LogP contribution in [0.5, 0.6) is 0 Å². The molecule has 0 aliphatic carbocycles. The highest BCUT2D eigenvalue weighted by Crippen LogP contribution is 2.23. The van der Waals surface area contributed by atoms with Crippen LogP contribution in [0.2, 0.25) is 0 Å². The first-order valence-corrected chi connectivity index (χ1v) is 8.49. The lowest BCUT2D eigenvalue weighted by molar-refractivity contribution is -0.132. The summed E-state index contributed by atoms with van der Waals surface area (Å²) in [4.78, 5) is 25.4.